The Bertz CT molecular complexity index is 1260. The highest BCUT2D eigenvalue weighted by Crippen LogP contribution is 2.13. The molecule has 1 aromatic carbocycles. The Labute approximate surface area is 175 Å². The molecule has 10 nitrogen and oxygen atoms in total. The molecule has 0 saturated heterocycles. The molecule has 0 bridgehead atoms. The van der Waals surface area contributed by atoms with Gasteiger partial charge in [-0.05, 0) is 31.5 Å². The molecule has 0 radical (unpaired) electrons. The number of carbonyl (C=O) groups excluding carboxylic acids is 2. The molecule has 2 atom stereocenters. The van der Waals surface area contributed by atoms with Crippen LogP contribution in [0.15, 0.2) is 40.2 Å². The molecule has 0 fully saturated rings. The van der Waals surface area contributed by atoms with Crippen molar-refractivity contribution >= 4 is 23.0 Å². The number of esters is 1. The lowest BCUT2D eigenvalue weighted by Crippen LogP contribution is -2.38. The smallest absolute Gasteiger partial charge is 0.332 e. The first-order valence-corrected chi connectivity index (χ1v) is 9.46. The quantitative estimate of drug-likeness (QED) is 0.564. The van der Waals surface area contributed by atoms with Gasteiger partial charge in [0.05, 0.1) is 12.4 Å². The molecule has 164 valence electrons. The summed E-state index contributed by atoms with van der Waals surface area (Å²) in [5.41, 5.74) is -0.226. The first-order chi connectivity index (χ1) is 14.6. The standard InChI is InChI=1S/C20H22FN5O5/c1-11(13-5-7-14(21)8-6-13)23-18(28)12(2)31-15(27)9-26-10-22-17-16(26)19(29)25(4)20(30)24(17)3/h5-8,10-12H,9H2,1-4H3,(H,23,28)/t11-,12-/m1/s1. The topological polar surface area (TPSA) is 117 Å². The van der Waals surface area contributed by atoms with Gasteiger partial charge in [-0.2, -0.15) is 0 Å². The van der Waals surface area contributed by atoms with Crippen molar-refractivity contribution in [3.63, 3.8) is 0 Å². The summed E-state index contributed by atoms with van der Waals surface area (Å²) in [6.45, 7) is 2.77. The number of benzene rings is 1. The molecular formula is C20H22FN5O5. The Morgan fingerprint density at radius 1 is 1.13 bits per heavy atom. The van der Waals surface area contributed by atoms with Crippen LogP contribution in [0.2, 0.25) is 0 Å². The normalized spacial score (nSPS) is 13.1. The van der Waals surface area contributed by atoms with Crippen LogP contribution in [0.1, 0.15) is 25.5 Å². The first kappa shape index (κ1) is 21.9. The SMILES string of the molecule is C[C@@H](OC(=O)Cn1cnc2c1c(=O)n(C)c(=O)n2C)C(=O)N[C@H](C)c1ccc(F)cc1. The van der Waals surface area contributed by atoms with E-state index in [0.717, 1.165) is 4.57 Å². The number of carbonyl (C=O) groups is 2. The second kappa shape index (κ2) is 8.54. The summed E-state index contributed by atoms with van der Waals surface area (Å²) in [6, 6.07) is 5.26. The van der Waals surface area contributed by atoms with Gasteiger partial charge >= 0.3 is 11.7 Å². The maximum Gasteiger partial charge on any atom is 0.332 e. The van der Waals surface area contributed by atoms with E-state index in [9.17, 15) is 23.6 Å². The average Bonchev–Trinajstić information content (AvgIpc) is 3.14. The van der Waals surface area contributed by atoms with E-state index >= 15 is 0 Å². The van der Waals surface area contributed by atoms with Crippen molar-refractivity contribution in [3.05, 3.63) is 62.8 Å². The van der Waals surface area contributed by atoms with Gasteiger partial charge in [0.2, 0.25) is 0 Å². The zero-order valence-corrected chi connectivity index (χ0v) is 17.5. The van der Waals surface area contributed by atoms with Gasteiger partial charge in [-0.3, -0.25) is 23.5 Å². The van der Waals surface area contributed by atoms with Crippen LogP contribution in [0.25, 0.3) is 11.2 Å². The summed E-state index contributed by atoms with van der Waals surface area (Å²) in [4.78, 5) is 53.1. The van der Waals surface area contributed by atoms with Crippen molar-refractivity contribution in [2.45, 2.75) is 32.5 Å². The van der Waals surface area contributed by atoms with Crippen molar-refractivity contribution in [1.29, 1.82) is 0 Å². The van der Waals surface area contributed by atoms with Crippen LogP contribution >= 0.6 is 0 Å². The fourth-order valence-corrected chi connectivity index (χ4v) is 3.11. The van der Waals surface area contributed by atoms with Crippen LogP contribution in [0, 0.1) is 5.82 Å². The predicted octanol–water partition coefficient (Wildman–Crippen LogP) is 0.382. The number of imidazole rings is 1. The molecular weight excluding hydrogens is 409 g/mol. The molecule has 0 saturated carbocycles. The molecule has 31 heavy (non-hydrogen) atoms. The highest BCUT2D eigenvalue weighted by atomic mass is 19.1. The first-order valence-electron chi connectivity index (χ1n) is 9.46. The number of amides is 1. The van der Waals surface area contributed by atoms with E-state index in [1.807, 2.05) is 0 Å². The van der Waals surface area contributed by atoms with Gasteiger partial charge in [0.15, 0.2) is 17.3 Å². The molecule has 11 heteroatoms. The molecule has 1 N–H and O–H groups in total. The molecule has 0 aliphatic carbocycles. The minimum Gasteiger partial charge on any atom is -0.451 e. The summed E-state index contributed by atoms with van der Waals surface area (Å²) in [5, 5.41) is 2.69. The minimum atomic E-state index is -1.10. The van der Waals surface area contributed by atoms with Crippen LogP contribution in [0.4, 0.5) is 4.39 Å². The molecule has 1 amide bonds. The lowest BCUT2D eigenvalue weighted by molar-refractivity contribution is -0.155. The van der Waals surface area contributed by atoms with E-state index < -0.39 is 35.3 Å². The zero-order chi connectivity index (χ0) is 22.9. The molecule has 0 aliphatic heterocycles. The fraction of sp³-hybridized carbons (Fsp3) is 0.350. The zero-order valence-electron chi connectivity index (χ0n) is 17.5. The number of nitrogens with one attached hydrogen (secondary N) is 1. The molecule has 0 spiro atoms. The van der Waals surface area contributed by atoms with Crippen LogP contribution in [0.3, 0.4) is 0 Å². The Morgan fingerprint density at radius 2 is 1.77 bits per heavy atom. The van der Waals surface area contributed by atoms with Crippen LogP contribution in [0.5, 0.6) is 0 Å². The Hall–Kier alpha value is -3.76. The van der Waals surface area contributed by atoms with E-state index in [4.69, 9.17) is 4.74 Å². The Balaban J connectivity index is 1.68. The van der Waals surface area contributed by atoms with Gasteiger partial charge in [0, 0.05) is 14.1 Å². The molecule has 3 rings (SSSR count). The molecule has 0 aliphatic rings. The number of halogens is 1. The van der Waals surface area contributed by atoms with Gasteiger partial charge < -0.3 is 14.6 Å². The summed E-state index contributed by atoms with van der Waals surface area (Å²) >= 11 is 0. The molecule has 2 aromatic heterocycles. The van der Waals surface area contributed by atoms with Gasteiger partial charge in [0.1, 0.15) is 12.4 Å². The third-order valence-electron chi connectivity index (χ3n) is 4.92. The van der Waals surface area contributed by atoms with E-state index in [0.29, 0.717) is 5.56 Å². The molecule has 2 heterocycles. The Morgan fingerprint density at radius 3 is 2.42 bits per heavy atom. The number of fused-ring (bicyclic) bond motifs is 1. The second-order valence-electron chi connectivity index (χ2n) is 7.16. The number of hydrogen-bond acceptors (Lipinski definition) is 6. The van der Waals surface area contributed by atoms with E-state index in [1.165, 1.54) is 48.6 Å². The van der Waals surface area contributed by atoms with Crippen molar-refractivity contribution in [3.8, 4) is 0 Å². The largest absolute Gasteiger partial charge is 0.451 e. The summed E-state index contributed by atoms with van der Waals surface area (Å²) in [5.74, 6) is -1.67. The van der Waals surface area contributed by atoms with Crippen molar-refractivity contribution in [2.24, 2.45) is 14.1 Å². The van der Waals surface area contributed by atoms with Crippen molar-refractivity contribution < 1.29 is 18.7 Å². The maximum absolute atomic E-state index is 13.0. The molecule has 3 aromatic rings. The molecule has 0 unspecified atom stereocenters. The fourth-order valence-electron chi connectivity index (χ4n) is 3.11. The van der Waals surface area contributed by atoms with Gasteiger partial charge in [-0.25, -0.2) is 14.2 Å². The predicted molar refractivity (Wildman–Crippen MR) is 109 cm³/mol. The lowest BCUT2D eigenvalue weighted by Gasteiger charge is -2.18. The third-order valence-corrected chi connectivity index (χ3v) is 4.92. The highest BCUT2D eigenvalue weighted by molar-refractivity contribution is 5.84. The second-order valence-corrected chi connectivity index (χ2v) is 7.16. The van der Waals surface area contributed by atoms with E-state index in [1.54, 1.807) is 19.1 Å². The van der Waals surface area contributed by atoms with Crippen LogP contribution in [-0.2, 0) is 35.0 Å². The van der Waals surface area contributed by atoms with Crippen LogP contribution in [-0.4, -0.2) is 36.7 Å². The average molecular weight is 431 g/mol. The summed E-state index contributed by atoms with van der Waals surface area (Å²) in [7, 11) is 2.79. The number of rotatable bonds is 6. The van der Waals surface area contributed by atoms with E-state index in [-0.39, 0.29) is 23.5 Å². The summed E-state index contributed by atoms with van der Waals surface area (Å²) < 4.78 is 21.6. The monoisotopic (exact) mass is 431 g/mol. The van der Waals surface area contributed by atoms with Crippen molar-refractivity contribution in [2.75, 3.05) is 0 Å². The summed E-state index contributed by atoms with van der Waals surface area (Å²) in [6.07, 6.45) is 0.158. The number of aryl methyl sites for hydroxylation is 1. The lowest BCUT2D eigenvalue weighted by atomic mass is 10.1. The number of nitrogens with zero attached hydrogens (tertiary/aromatic N) is 4. The number of ether oxygens (including phenoxy) is 1. The highest BCUT2D eigenvalue weighted by Gasteiger charge is 2.22. The minimum absolute atomic E-state index is 0.0728. The van der Waals surface area contributed by atoms with Gasteiger partial charge in [0.25, 0.3) is 11.5 Å². The van der Waals surface area contributed by atoms with Gasteiger partial charge in [-0.15, -0.1) is 0 Å². The Kier molecular flexibility index (Phi) is 6.04. The number of aromatic nitrogens is 4. The van der Waals surface area contributed by atoms with Crippen molar-refractivity contribution in [1.82, 2.24) is 24.0 Å². The van der Waals surface area contributed by atoms with Crippen LogP contribution < -0.4 is 16.6 Å². The van der Waals surface area contributed by atoms with E-state index in [2.05, 4.69) is 10.3 Å². The maximum atomic E-state index is 13.0. The third kappa shape index (κ3) is 4.39. The van der Waals surface area contributed by atoms with Gasteiger partial charge in [-0.1, -0.05) is 12.1 Å². The number of hydrogen-bond donors (Lipinski definition) is 1.